The summed E-state index contributed by atoms with van der Waals surface area (Å²) in [5.41, 5.74) is 2.15. The maximum atomic E-state index is 11.8. The number of hydrogen-bond donors (Lipinski definition) is 1. The van der Waals surface area contributed by atoms with E-state index in [1.54, 1.807) is 23.0 Å². The number of aromatic nitrogens is 2. The summed E-state index contributed by atoms with van der Waals surface area (Å²) >= 11 is 5.98. The summed E-state index contributed by atoms with van der Waals surface area (Å²) in [5, 5.41) is 7.52. The molecule has 1 heterocycles. The maximum Gasteiger partial charge on any atom is 0.257 e. The first-order chi connectivity index (χ1) is 12.2. The quantitative estimate of drug-likeness (QED) is 0.707. The third kappa shape index (κ3) is 4.84. The standard InChI is InChI=1S/C19H18ClN3O2/c20-17-4-1-2-5-18(17)25-14-19(24)21-12-10-15-6-8-16(9-7-15)23-13-3-11-22-23/h1-9,11,13H,10,12,14H2,(H,21,24). The van der Waals surface area contributed by atoms with E-state index in [0.717, 1.165) is 17.7 Å². The number of benzene rings is 2. The van der Waals surface area contributed by atoms with E-state index in [1.807, 2.05) is 48.7 Å². The fourth-order valence-electron chi connectivity index (χ4n) is 2.34. The number of ether oxygens (including phenoxy) is 1. The lowest BCUT2D eigenvalue weighted by Crippen LogP contribution is -2.30. The molecular formula is C19H18ClN3O2. The van der Waals surface area contributed by atoms with Gasteiger partial charge in [0.15, 0.2) is 6.61 Å². The fourth-order valence-corrected chi connectivity index (χ4v) is 2.53. The highest BCUT2D eigenvalue weighted by molar-refractivity contribution is 6.32. The molecular weight excluding hydrogens is 338 g/mol. The second-order valence-electron chi connectivity index (χ2n) is 5.44. The highest BCUT2D eigenvalue weighted by Gasteiger charge is 2.05. The lowest BCUT2D eigenvalue weighted by Gasteiger charge is -2.09. The van der Waals surface area contributed by atoms with Crippen LogP contribution < -0.4 is 10.1 Å². The van der Waals surface area contributed by atoms with E-state index in [1.165, 1.54) is 0 Å². The molecule has 0 saturated carbocycles. The summed E-state index contributed by atoms with van der Waals surface area (Å²) in [5.74, 6) is 0.335. The molecule has 3 aromatic rings. The number of para-hydroxylation sites is 1. The van der Waals surface area contributed by atoms with E-state index in [0.29, 0.717) is 17.3 Å². The topological polar surface area (TPSA) is 56.1 Å². The van der Waals surface area contributed by atoms with Gasteiger partial charge in [-0.25, -0.2) is 4.68 Å². The number of amides is 1. The van der Waals surface area contributed by atoms with Crippen molar-refractivity contribution in [2.45, 2.75) is 6.42 Å². The van der Waals surface area contributed by atoms with E-state index in [-0.39, 0.29) is 12.5 Å². The largest absolute Gasteiger partial charge is 0.482 e. The first kappa shape index (κ1) is 17.0. The molecule has 6 heteroatoms. The van der Waals surface area contributed by atoms with Crippen molar-refractivity contribution in [1.29, 1.82) is 0 Å². The minimum absolute atomic E-state index is 0.0536. The van der Waals surface area contributed by atoms with Crippen LogP contribution >= 0.6 is 11.6 Å². The summed E-state index contributed by atoms with van der Waals surface area (Å²) < 4.78 is 7.21. The van der Waals surface area contributed by atoms with Gasteiger partial charge in [0, 0.05) is 18.9 Å². The van der Waals surface area contributed by atoms with Gasteiger partial charge in [-0.3, -0.25) is 4.79 Å². The Morgan fingerprint density at radius 2 is 1.92 bits per heavy atom. The van der Waals surface area contributed by atoms with Crippen LogP contribution in [0.15, 0.2) is 67.0 Å². The number of carbonyl (C=O) groups is 1. The van der Waals surface area contributed by atoms with Crippen LogP contribution in [0.1, 0.15) is 5.56 Å². The molecule has 0 spiro atoms. The van der Waals surface area contributed by atoms with Crippen molar-refractivity contribution in [3.8, 4) is 11.4 Å². The van der Waals surface area contributed by atoms with Crippen molar-refractivity contribution in [3.63, 3.8) is 0 Å². The average Bonchev–Trinajstić information content (AvgIpc) is 3.16. The van der Waals surface area contributed by atoms with Crippen LogP contribution in [0.2, 0.25) is 5.02 Å². The van der Waals surface area contributed by atoms with Gasteiger partial charge in [0.1, 0.15) is 5.75 Å². The number of hydrogen-bond acceptors (Lipinski definition) is 3. The first-order valence-electron chi connectivity index (χ1n) is 7.95. The van der Waals surface area contributed by atoms with Gasteiger partial charge < -0.3 is 10.1 Å². The molecule has 25 heavy (non-hydrogen) atoms. The van der Waals surface area contributed by atoms with Crippen molar-refractivity contribution in [2.75, 3.05) is 13.2 Å². The van der Waals surface area contributed by atoms with E-state index in [9.17, 15) is 4.79 Å². The van der Waals surface area contributed by atoms with Crippen LogP contribution in [-0.4, -0.2) is 28.8 Å². The predicted molar refractivity (Wildman–Crippen MR) is 97.2 cm³/mol. The van der Waals surface area contributed by atoms with Gasteiger partial charge in [-0.1, -0.05) is 35.9 Å². The van der Waals surface area contributed by atoms with Crippen molar-refractivity contribution >= 4 is 17.5 Å². The molecule has 1 amide bonds. The highest BCUT2D eigenvalue weighted by Crippen LogP contribution is 2.22. The Bertz CT molecular complexity index is 817. The molecule has 128 valence electrons. The molecule has 0 radical (unpaired) electrons. The van der Waals surface area contributed by atoms with Crippen LogP contribution in [0.3, 0.4) is 0 Å². The van der Waals surface area contributed by atoms with E-state index >= 15 is 0 Å². The second-order valence-corrected chi connectivity index (χ2v) is 5.84. The zero-order chi connectivity index (χ0) is 17.5. The minimum atomic E-state index is -0.173. The Morgan fingerprint density at radius 1 is 1.12 bits per heavy atom. The van der Waals surface area contributed by atoms with Crippen LogP contribution in [0.25, 0.3) is 5.69 Å². The fraction of sp³-hybridized carbons (Fsp3) is 0.158. The second kappa shape index (κ2) is 8.35. The molecule has 0 unspecified atom stereocenters. The van der Waals surface area contributed by atoms with E-state index in [2.05, 4.69) is 10.4 Å². The monoisotopic (exact) mass is 355 g/mol. The molecule has 0 aliphatic rings. The van der Waals surface area contributed by atoms with Gasteiger partial charge >= 0.3 is 0 Å². The van der Waals surface area contributed by atoms with Crippen LogP contribution in [-0.2, 0) is 11.2 Å². The van der Waals surface area contributed by atoms with Crippen LogP contribution in [0.5, 0.6) is 5.75 Å². The summed E-state index contributed by atoms with van der Waals surface area (Å²) in [6, 6.07) is 17.0. The average molecular weight is 356 g/mol. The number of rotatable bonds is 7. The van der Waals surface area contributed by atoms with Crippen molar-refractivity contribution in [3.05, 3.63) is 77.6 Å². The number of nitrogens with zero attached hydrogens (tertiary/aromatic N) is 2. The van der Waals surface area contributed by atoms with Gasteiger partial charge in [0.25, 0.3) is 5.91 Å². The molecule has 1 aromatic heterocycles. The Balaban J connectivity index is 1.42. The van der Waals surface area contributed by atoms with Gasteiger partial charge in [0.05, 0.1) is 10.7 Å². The number of carbonyl (C=O) groups excluding carboxylic acids is 1. The van der Waals surface area contributed by atoms with Crippen molar-refractivity contribution in [2.24, 2.45) is 0 Å². The SMILES string of the molecule is O=C(COc1ccccc1Cl)NCCc1ccc(-n2cccn2)cc1. The lowest BCUT2D eigenvalue weighted by molar-refractivity contribution is -0.123. The summed E-state index contributed by atoms with van der Waals surface area (Å²) in [7, 11) is 0. The Morgan fingerprint density at radius 3 is 2.64 bits per heavy atom. The number of halogens is 1. The lowest BCUT2D eigenvalue weighted by atomic mass is 10.1. The molecule has 0 aliphatic heterocycles. The normalized spacial score (nSPS) is 10.4. The number of nitrogens with one attached hydrogen (secondary N) is 1. The third-order valence-corrected chi connectivity index (χ3v) is 3.95. The summed E-state index contributed by atoms with van der Waals surface area (Å²) in [6.45, 7) is 0.494. The van der Waals surface area contributed by atoms with Gasteiger partial charge in [0.2, 0.25) is 0 Å². The molecule has 0 fully saturated rings. The summed E-state index contributed by atoms with van der Waals surface area (Å²) in [4.78, 5) is 11.8. The smallest absolute Gasteiger partial charge is 0.257 e. The maximum absolute atomic E-state index is 11.8. The molecule has 1 N–H and O–H groups in total. The zero-order valence-electron chi connectivity index (χ0n) is 13.6. The van der Waals surface area contributed by atoms with Crippen molar-refractivity contribution < 1.29 is 9.53 Å². The summed E-state index contributed by atoms with van der Waals surface area (Å²) in [6.07, 6.45) is 4.39. The molecule has 5 nitrogen and oxygen atoms in total. The molecule has 0 atom stereocenters. The zero-order valence-corrected chi connectivity index (χ0v) is 14.3. The Kier molecular flexibility index (Phi) is 5.69. The highest BCUT2D eigenvalue weighted by atomic mass is 35.5. The Labute approximate surface area is 151 Å². The molecule has 3 rings (SSSR count). The molecule has 2 aromatic carbocycles. The third-order valence-electron chi connectivity index (χ3n) is 3.64. The molecule has 0 bridgehead atoms. The van der Waals surface area contributed by atoms with Crippen LogP contribution in [0, 0.1) is 0 Å². The van der Waals surface area contributed by atoms with E-state index < -0.39 is 0 Å². The van der Waals surface area contributed by atoms with E-state index in [4.69, 9.17) is 16.3 Å². The van der Waals surface area contributed by atoms with Gasteiger partial charge in [-0.15, -0.1) is 0 Å². The van der Waals surface area contributed by atoms with Gasteiger partial charge in [-0.2, -0.15) is 5.10 Å². The molecule has 0 aliphatic carbocycles. The molecule has 0 saturated heterocycles. The Hall–Kier alpha value is -2.79. The predicted octanol–water partition coefficient (Wildman–Crippen LogP) is 3.26. The minimum Gasteiger partial charge on any atom is -0.482 e. The first-order valence-corrected chi connectivity index (χ1v) is 8.33. The van der Waals surface area contributed by atoms with Gasteiger partial charge in [-0.05, 0) is 42.3 Å². The van der Waals surface area contributed by atoms with Crippen LogP contribution in [0.4, 0.5) is 0 Å². The van der Waals surface area contributed by atoms with Crippen molar-refractivity contribution in [1.82, 2.24) is 15.1 Å².